The highest BCUT2D eigenvalue weighted by atomic mass is 16.6. The lowest BCUT2D eigenvalue weighted by Gasteiger charge is -2.68. The molecule has 2 bridgehead atoms. The number of aliphatic hydroxyl groups excluding tert-OH is 1. The lowest BCUT2D eigenvalue weighted by atomic mass is 9.40. The molecule has 3 saturated carbocycles. The minimum absolute atomic E-state index is 0.0418. The van der Waals surface area contributed by atoms with Gasteiger partial charge in [-0.25, -0.2) is 14.4 Å². The molecule has 348 valence electrons. The van der Waals surface area contributed by atoms with Crippen molar-refractivity contribution in [3.05, 3.63) is 82.9 Å². The number of hydrogen-bond acceptors (Lipinski definition) is 15. The average molecular weight is 900 g/mol. The van der Waals surface area contributed by atoms with Crippen LogP contribution in [0.5, 0.6) is 0 Å². The molecule has 16 nitrogen and oxygen atoms in total. The summed E-state index contributed by atoms with van der Waals surface area (Å²) in [5.41, 5.74) is -5.83. The smallest absolute Gasteiger partial charge is 0.408 e. The van der Waals surface area contributed by atoms with E-state index in [9.17, 15) is 29.4 Å². The van der Waals surface area contributed by atoms with Gasteiger partial charge >= 0.3 is 30.0 Å². The first-order chi connectivity index (χ1) is 33.7. The van der Waals surface area contributed by atoms with Gasteiger partial charge < -0.3 is 49.7 Å². The summed E-state index contributed by atoms with van der Waals surface area (Å²) < 4.78 is 107. The molecule has 0 unspecified atom stereocenters. The number of ketones is 1. The topological polar surface area (TPSA) is 236 Å². The maximum atomic E-state index is 15.8. The molecule has 6 rings (SSSR count). The van der Waals surface area contributed by atoms with E-state index in [4.69, 9.17) is 46.5 Å². The number of ether oxygens (including phenoxy) is 6. The average Bonchev–Trinajstić information content (AvgIpc) is 3.29. The largest absolute Gasteiger partial charge is 0.458 e. The molecule has 4 aliphatic rings. The summed E-state index contributed by atoms with van der Waals surface area (Å²) >= 11 is 0. The molecule has 16 heteroatoms. The van der Waals surface area contributed by atoms with E-state index in [1.165, 1.54) is 63.4 Å². The maximum absolute atomic E-state index is 15.8. The van der Waals surface area contributed by atoms with Crippen LogP contribution in [0.2, 0.25) is 0 Å². The number of Topliss-reactive ketones (excluding diaryl/α,β-unsaturated/α-hetero) is 1. The fraction of sp³-hybridized carbons (Fsp3) is 0.583. The molecule has 0 spiro atoms. The highest BCUT2D eigenvalue weighted by Crippen LogP contribution is 2.68. The van der Waals surface area contributed by atoms with Crippen LogP contribution in [0.4, 0.5) is 4.79 Å². The van der Waals surface area contributed by atoms with Crippen LogP contribution in [0.3, 0.4) is 0 Å². The summed E-state index contributed by atoms with van der Waals surface area (Å²) in [5, 5.41) is 27.4. The molecule has 0 aromatic heterocycles. The van der Waals surface area contributed by atoms with Crippen LogP contribution in [0.25, 0.3) is 0 Å². The van der Waals surface area contributed by atoms with Crippen molar-refractivity contribution in [1.29, 1.82) is 0 Å². The zero-order valence-corrected chi connectivity index (χ0v) is 36.5. The predicted molar refractivity (Wildman–Crippen MR) is 229 cm³/mol. The lowest BCUT2D eigenvalue weighted by Crippen LogP contribution is -2.78. The Morgan fingerprint density at radius 3 is 2.19 bits per heavy atom. The number of aliphatic hydroxyl groups is 2. The maximum Gasteiger partial charge on any atom is 0.408 e. The third-order valence-electron chi connectivity index (χ3n) is 14.0. The third kappa shape index (κ3) is 8.45. The summed E-state index contributed by atoms with van der Waals surface area (Å²) in [5.74, 6) is -8.45. The molecular formula is C48H62N2O14. The first kappa shape index (κ1) is 37.1. The SMILES string of the molecule is [2H]C([2H])([2H])C(OC(=O)N[C@@H](c1ccccc1)[C@@H](OC(=O)CN)C(=O)O[C@H]1C[C@@]2(O)[C@@H](OC(=O)c3ccccc3)[C@@H]3[C@]4(OC(C)=O)CC[C@@H]4C[C@H](OC)[C@@]3(C)C(=O)[C@H](CO)C(=C1C)C2(C)C)(C([2H])([2H])[2H])C([2H])([2H])[2H]. The van der Waals surface area contributed by atoms with Crippen molar-refractivity contribution < 1.29 is 79.7 Å². The number of nitrogens with two attached hydrogens (primary N) is 1. The van der Waals surface area contributed by atoms with Gasteiger partial charge in [-0.2, -0.15) is 0 Å². The molecule has 4 aliphatic carbocycles. The number of methoxy groups -OCH3 is 1. The van der Waals surface area contributed by atoms with Crippen LogP contribution in [-0.4, -0.2) is 107 Å². The molecule has 0 saturated heterocycles. The van der Waals surface area contributed by atoms with Crippen molar-refractivity contribution >= 4 is 35.8 Å². The summed E-state index contributed by atoms with van der Waals surface area (Å²) in [4.78, 5) is 85.5. The highest BCUT2D eigenvalue weighted by Gasteiger charge is 2.77. The molecule has 64 heavy (non-hydrogen) atoms. The monoisotopic (exact) mass is 899 g/mol. The molecule has 0 heterocycles. The predicted octanol–water partition coefficient (Wildman–Crippen LogP) is 4.68. The van der Waals surface area contributed by atoms with E-state index >= 15 is 9.59 Å². The second-order valence-corrected chi connectivity index (χ2v) is 17.8. The van der Waals surface area contributed by atoms with E-state index in [2.05, 4.69) is 5.32 Å². The Hall–Kier alpha value is -5.16. The highest BCUT2D eigenvalue weighted by molar-refractivity contribution is 5.93. The molecule has 0 aliphatic heterocycles. The Bertz CT molecular complexity index is 2450. The van der Waals surface area contributed by atoms with Gasteiger partial charge in [0.1, 0.15) is 35.1 Å². The first-order valence-corrected chi connectivity index (χ1v) is 21.0. The van der Waals surface area contributed by atoms with Crippen molar-refractivity contribution in [1.82, 2.24) is 5.32 Å². The number of carbonyl (C=O) groups is 6. The number of nitrogens with one attached hydrogen (secondary N) is 1. The molecule has 1 amide bonds. The third-order valence-corrected chi connectivity index (χ3v) is 14.0. The van der Waals surface area contributed by atoms with Crippen LogP contribution in [-0.2, 0) is 47.6 Å². The van der Waals surface area contributed by atoms with Gasteiger partial charge in [0.25, 0.3) is 0 Å². The molecular weight excluding hydrogens is 829 g/mol. The quantitative estimate of drug-likeness (QED) is 0.129. The Morgan fingerprint density at radius 1 is 1.00 bits per heavy atom. The zero-order chi connectivity index (χ0) is 54.7. The van der Waals surface area contributed by atoms with Gasteiger partial charge in [-0.1, -0.05) is 62.4 Å². The van der Waals surface area contributed by atoms with E-state index in [1.54, 1.807) is 39.0 Å². The van der Waals surface area contributed by atoms with Crippen LogP contribution in [0.15, 0.2) is 71.8 Å². The van der Waals surface area contributed by atoms with Crippen molar-refractivity contribution in [3.8, 4) is 0 Å². The second kappa shape index (κ2) is 18.0. The van der Waals surface area contributed by atoms with E-state index < -0.39 is 152 Å². The first-order valence-electron chi connectivity index (χ1n) is 25.5. The van der Waals surface area contributed by atoms with Gasteiger partial charge in [0, 0.05) is 44.1 Å². The minimum atomic E-state index is -4.14. The van der Waals surface area contributed by atoms with Crippen LogP contribution < -0.4 is 11.1 Å². The second-order valence-electron chi connectivity index (χ2n) is 17.8. The van der Waals surface area contributed by atoms with Crippen molar-refractivity contribution in [2.24, 2.45) is 34.3 Å². The van der Waals surface area contributed by atoms with Gasteiger partial charge in [-0.15, -0.1) is 0 Å². The molecule has 5 N–H and O–H groups in total. The number of hydrogen-bond donors (Lipinski definition) is 4. The van der Waals surface area contributed by atoms with E-state index in [1.807, 2.05) is 0 Å². The Balaban J connectivity index is 1.55. The van der Waals surface area contributed by atoms with Gasteiger partial charge in [0.2, 0.25) is 6.10 Å². The number of benzene rings is 2. The molecule has 0 radical (unpaired) electrons. The number of esters is 4. The number of rotatable bonds is 12. The summed E-state index contributed by atoms with van der Waals surface area (Å²) in [6.45, 7) is -6.44. The van der Waals surface area contributed by atoms with Gasteiger partial charge in [-0.05, 0) is 82.5 Å². The Morgan fingerprint density at radius 2 is 1.64 bits per heavy atom. The van der Waals surface area contributed by atoms with Gasteiger partial charge in [0.15, 0.2) is 5.78 Å². The van der Waals surface area contributed by atoms with Crippen molar-refractivity contribution in [3.63, 3.8) is 0 Å². The fourth-order valence-corrected chi connectivity index (χ4v) is 11.0. The Labute approximate surface area is 386 Å². The summed E-state index contributed by atoms with van der Waals surface area (Å²) in [6, 6.07) is 12.7. The minimum Gasteiger partial charge on any atom is -0.458 e. The summed E-state index contributed by atoms with van der Waals surface area (Å²) in [7, 11) is 1.39. The van der Waals surface area contributed by atoms with E-state index in [0.717, 1.165) is 0 Å². The van der Waals surface area contributed by atoms with Gasteiger partial charge in [0.05, 0.1) is 42.1 Å². The van der Waals surface area contributed by atoms with E-state index in [0.29, 0.717) is 6.42 Å². The molecule has 11 atom stereocenters. The number of alkyl carbamates (subject to hydrolysis) is 1. The fourth-order valence-electron chi connectivity index (χ4n) is 11.0. The Kier molecular flexibility index (Phi) is 10.4. The number of amides is 1. The standard InChI is InChI=1S/C48H62N2O14/c1-26-32(60-42(56)37(61-34(53)24-49)36(28-16-12-10-13-17-28)50-43(57)64-44(3,4)5)23-48(58)40(62-41(55)29-18-14-11-15-19-29)38-46(8,39(54)31(25-51)35(26)45(48,6)7)33(59-9)22-30-20-21-47(30,38)63-27(2)52/h10-19,30-33,36-38,40,51,58H,20-25,49H2,1-9H3,(H,50,57)/t30-,31-,32+,33+,36+,37-,38+,40+,46-,47+,48-/m1/s1/i3D3,4D3,5D3. The van der Waals surface area contributed by atoms with Crippen molar-refractivity contribution in [2.45, 2.75) is 128 Å². The van der Waals surface area contributed by atoms with Crippen LogP contribution in [0, 0.1) is 28.6 Å². The number of carbonyl (C=O) groups excluding carboxylic acids is 6. The summed E-state index contributed by atoms with van der Waals surface area (Å²) in [6.07, 6.45) is -8.58. The molecule has 2 aromatic carbocycles. The van der Waals surface area contributed by atoms with Crippen LogP contribution in [0.1, 0.15) is 115 Å². The van der Waals surface area contributed by atoms with Crippen molar-refractivity contribution in [2.75, 3.05) is 20.3 Å². The van der Waals surface area contributed by atoms with Gasteiger partial charge in [-0.3, -0.25) is 14.4 Å². The lowest BCUT2D eigenvalue weighted by molar-refractivity contribution is -0.297. The zero-order valence-electron chi connectivity index (χ0n) is 45.5. The van der Waals surface area contributed by atoms with Crippen LogP contribution >= 0.6 is 0 Å². The molecule has 2 aromatic rings. The van der Waals surface area contributed by atoms with E-state index in [-0.39, 0.29) is 35.1 Å². The number of fused-ring (bicyclic) bond motifs is 5. The molecule has 3 fully saturated rings. The normalized spacial score (nSPS) is 34.2.